The molecule has 1 aliphatic carbocycles. The average Bonchev–Trinajstić information content (AvgIpc) is 2.14. The molecule has 3 atom stereocenters. The lowest BCUT2D eigenvalue weighted by atomic mass is 9.67. The van der Waals surface area contributed by atoms with Crippen molar-refractivity contribution in [2.24, 2.45) is 17.3 Å². The third-order valence-electron chi connectivity index (χ3n) is 3.99. The Morgan fingerprint density at radius 2 is 2.00 bits per heavy atom. The summed E-state index contributed by atoms with van der Waals surface area (Å²) < 4.78 is 0. The summed E-state index contributed by atoms with van der Waals surface area (Å²) in [7, 11) is 0. The second kappa shape index (κ2) is 5.82. The lowest BCUT2D eigenvalue weighted by Gasteiger charge is -2.42. The van der Waals surface area contributed by atoms with Crippen LogP contribution in [0, 0.1) is 17.3 Å². The van der Waals surface area contributed by atoms with E-state index < -0.39 is 0 Å². The van der Waals surface area contributed by atoms with Gasteiger partial charge in [0.25, 0.3) is 0 Å². The minimum Gasteiger partial charge on any atom is -0.165 e. The van der Waals surface area contributed by atoms with Crippen LogP contribution in [0.1, 0.15) is 46.5 Å². The van der Waals surface area contributed by atoms with E-state index in [9.17, 15) is 0 Å². The third-order valence-corrected chi connectivity index (χ3v) is 5.08. The Morgan fingerprint density at radius 3 is 2.53 bits per heavy atom. The van der Waals surface area contributed by atoms with Gasteiger partial charge in [-0.2, -0.15) is 11.8 Å². The molecule has 0 aromatic rings. The number of hydrogen-bond acceptors (Lipinski definition) is 1. The van der Waals surface area contributed by atoms with Crippen LogP contribution in [0.5, 0.6) is 0 Å². The molecule has 0 aromatic heterocycles. The summed E-state index contributed by atoms with van der Waals surface area (Å²) >= 11 is 8.49. The van der Waals surface area contributed by atoms with Gasteiger partial charge in [-0.3, -0.25) is 0 Å². The van der Waals surface area contributed by atoms with Crippen LogP contribution < -0.4 is 0 Å². The van der Waals surface area contributed by atoms with Gasteiger partial charge in [-0.1, -0.05) is 27.2 Å². The third kappa shape index (κ3) is 3.85. The van der Waals surface area contributed by atoms with Gasteiger partial charge in [0.05, 0.1) is 0 Å². The lowest BCUT2D eigenvalue weighted by molar-refractivity contribution is 0.139. The van der Waals surface area contributed by atoms with Crippen molar-refractivity contribution in [2.45, 2.75) is 51.8 Å². The quantitative estimate of drug-likeness (QED) is 0.644. The van der Waals surface area contributed by atoms with E-state index >= 15 is 0 Å². The summed E-state index contributed by atoms with van der Waals surface area (Å²) in [5, 5.41) is 0.408. The molecule has 1 fully saturated rings. The van der Waals surface area contributed by atoms with Gasteiger partial charge in [0.15, 0.2) is 0 Å². The van der Waals surface area contributed by atoms with Crippen molar-refractivity contribution in [3.05, 3.63) is 0 Å². The SMILES string of the molecule is CSCCC(C)(C)C1CCC(C)CC1Cl. The summed E-state index contributed by atoms with van der Waals surface area (Å²) in [6.45, 7) is 7.14. The van der Waals surface area contributed by atoms with Crippen LogP contribution >= 0.6 is 23.4 Å². The van der Waals surface area contributed by atoms with Crippen LogP contribution in [-0.2, 0) is 0 Å². The largest absolute Gasteiger partial charge is 0.165 e. The summed E-state index contributed by atoms with van der Waals surface area (Å²) in [6, 6.07) is 0. The van der Waals surface area contributed by atoms with Gasteiger partial charge in [0, 0.05) is 5.38 Å². The number of alkyl halides is 1. The van der Waals surface area contributed by atoms with Gasteiger partial charge >= 0.3 is 0 Å². The smallest absolute Gasteiger partial charge is 0.0371 e. The second-order valence-corrected chi connectivity index (χ2v) is 7.32. The number of halogens is 1. The molecular formula is C13H25ClS. The number of hydrogen-bond donors (Lipinski definition) is 0. The van der Waals surface area contributed by atoms with Crippen LogP contribution in [0.4, 0.5) is 0 Å². The summed E-state index contributed by atoms with van der Waals surface area (Å²) in [6.07, 6.45) is 7.41. The first-order valence-corrected chi connectivity index (χ1v) is 7.93. The van der Waals surface area contributed by atoms with Crippen LogP contribution in [0.25, 0.3) is 0 Å². The maximum Gasteiger partial charge on any atom is 0.0371 e. The highest BCUT2D eigenvalue weighted by molar-refractivity contribution is 7.98. The van der Waals surface area contributed by atoms with E-state index in [2.05, 4.69) is 27.0 Å². The van der Waals surface area contributed by atoms with Gasteiger partial charge in [-0.15, -0.1) is 11.6 Å². The molecular weight excluding hydrogens is 224 g/mol. The molecule has 0 nitrogen and oxygen atoms in total. The highest BCUT2D eigenvalue weighted by atomic mass is 35.5. The molecule has 2 heteroatoms. The van der Waals surface area contributed by atoms with E-state index in [-0.39, 0.29) is 0 Å². The summed E-state index contributed by atoms with van der Waals surface area (Å²) in [4.78, 5) is 0. The van der Waals surface area contributed by atoms with Crippen LogP contribution in [0.15, 0.2) is 0 Å². The van der Waals surface area contributed by atoms with Gasteiger partial charge in [-0.05, 0) is 48.5 Å². The molecule has 0 heterocycles. The predicted molar refractivity (Wildman–Crippen MR) is 72.9 cm³/mol. The molecule has 1 rings (SSSR count). The van der Waals surface area contributed by atoms with Gasteiger partial charge in [-0.25, -0.2) is 0 Å². The minimum absolute atomic E-state index is 0.408. The molecule has 0 N–H and O–H groups in total. The molecule has 0 amide bonds. The van der Waals surface area contributed by atoms with E-state index in [0.717, 1.165) is 11.8 Å². The highest BCUT2D eigenvalue weighted by Crippen LogP contribution is 2.44. The monoisotopic (exact) mass is 248 g/mol. The zero-order valence-corrected chi connectivity index (χ0v) is 12.1. The Balaban J connectivity index is 2.53. The van der Waals surface area contributed by atoms with E-state index in [0.29, 0.717) is 10.8 Å². The molecule has 0 spiro atoms. The zero-order valence-electron chi connectivity index (χ0n) is 10.6. The highest BCUT2D eigenvalue weighted by Gasteiger charge is 2.37. The van der Waals surface area contributed by atoms with Gasteiger partial charge in [0.2, 0.25) is 0 Å². The molecule has 90 valence electrons. The van der Waals surface area contributed by atoms with E-state index in [1.54, 1.807) is 0 Å². The average molecular weight is 249 g/mol. The fraction of sp³-hybridized carbons (Fsp3) is 1.00. The number of thioether (sulfide) groups is 1. The van der Waals surface area contributed by atoms with E-state index in [4.69, 9.17) is 11.6 Å². The minimum atomic E-state index is 0.408. The molecule has 0 saturated heterocycles. The Bertz CT molecular complexity index is 191. The molecule has 0 radical (unpaired) electrons. The van der Waals surface area contributed by atoms with Crippen molar-refractivity contribution in [3.63, 3.8) is 0 Å². The Hall–Kier alpha value is 0.640. The summed E-state index contributed by atoms with van der Waals surface area (Å²) in [5.74, 6) is 2.82. The fourth-order valence-corrected chi connectivity index (χ4v) is 4.24. The second-order valence-electron chi connectivity index (χ2n) is 5.77. The molecule has 1 saturated carbocycles. The molecule has 0 aliphatic heterocycles. The predicted octanol–water partition coefficient (Wildman–Crippen LogP) is 4.81. The van der Waals surface area contributed by atoms with Crippen molar-refractivity contribution in [1.29, 1.82) is 0 Å². The first-order valence-electron chi connectivity index (χ1n) is 6.10. The molecule has 0 bridgehead atoms. The first-order chi connectivity index (χ1) is 6.97. The first kappa shape index (κ1) is 13.7. The van der Waals surface area contributed by atoms with Crippen molar-refractivity contribution < 1.29 is 0 Å². The lowest BCUT2D eigenvalue weighted by Crippen LogP contribution is -2.36. The van der Waals surface area contributed by atoms with Gasteiger partial charge < -0.3 is 0 Å². The molecule has 3 unspecified atom stereocenters. The van der Waals surface area contributed by atoms with Crippen LogP contribution in [0.2, 0.25) is 0 Å². The van der Waals surface area contributed by atoms with E-state index in [1.807, 2.05) is 11.8 Å². The van der Waals surface area contributed by atoms with Crippen molar-refractivity contribution >= 4 is 23.4 Å². The van der Waals surface area contributed by atoms with Crippen molar-refractivity contribution in [3.8, 4) is 0 Å². The zero-order chi connectivity index (χ0) is 11.5. The Labute approximate surface area is 105 Å². The molecule has 1 aliphatic rings. The maximum absolute atomic E-state index is 6.53. The van der Waals surface area contributed by atoms with Gasteiger partial charge in [0.1, 0.15) is 0 Å². The Kier molecular flexibility index (Phi) is 5.31. The summed E-state index contributed by atoms with van der Waals surface area (Å²) in [5.41, 5.74) is 0.426. The maximum atomic E-state index is 6.53. The van der Waals surface area contributed by atoms with Crippen molar-refractivity contribution in [2.75, 3.05) is 12.0 Å². The van der Waals surface area contributed by atoms with Crippen LogP contribution in [-0.4, -0.2) is 17.4 Å². The number of rotatable bonds is 4. The van der Waals surface area contributed by atoms with Crippen LogP contribution in [0.3, 0.4) is 0 Å². The topological polar surface area (TPSA) is 0 Å². The van der Waals surface area contributed by atoms with E-state index in [1.165, 1.54) is 31.4 Å². The normalized spacial score (nSPS) is 33.0. The standard InChI is InChI=1S/C13H25ClS/c1-10-5-6-11(12(14)9-10)13(2,3)7-8-15-4/h10-12H,5-9H2,1-4H3. The Morgan fingerprint density at radius 1 is 1.33 bits per heavy atom. The van der Waals surface area contributed by atoms with Crippen molar-refractivity contribution in [1.82, 2.24) is 0 Å². The fourth-order valence-electron chi connectivity index (χ4n) is 2.74. The molecule has 15 heavy (non-hydrogen) atoms. The molecule has 0 aromatic carbocycles.